The van der Waals surface area contributed by atoms with Crippen LogP contribution >= 0.6 is 0 Å². The first-order chi connectivity index (χ1) is 6.31. The van der Waals surface area contributed by atoms with Gasteiger partial charge in [-0.1, -0.05) is 5.92 Å². The molecule has 0 nitrogen and oxygen atoms in total. The molecule has 0 aliphatic heterocycles. The van der Waals surface area contributed by atoms with Crippen LogP contribution in [0.1, 0.15) is 13.8 Å². The van der Waals surface area contributed by atoms with Crippen molar-refractivity contribution in [1.82, 2.24) is 0 Å². The van der Waals surface area contributed by atoms with Gasteiger partial charge in [-0.3, -0.25) is 0 Å². The molecule has 0 fully saturated rings. The summed E-state index contributed by atoms with van der Waals surface area (Å²) in [6.45, 7) is 0.874. The van der Waals surface area contributed by atoms with E-state index in [4.69, 9.17) is 0 Å². The number of terminal acetylenes is 1. The number of alkyl halides is 7. The molecule has 0 unspecified atom stereocenters. The van der Waals surface area contributed by atoms with Crippen molar-refractivity contribution in [3.8, 4) is 12.3 Å². The quantitative estimate of drug-likeness (QED) is 0.508. The van der Waals surface area contributed by atoms with Crippen molar-refractivity contribution in [2.75, 3.05) is 0 Å². The molecule has 0 atom stereocenters. The van der Waals surface area contributed by atoms with E-state index in [0.717, 1.165) is 0 Å². The molecule has 0 aromatic heterocycles. The summed E-state index contributed by atoms with van der Waals surface area (Å²) >= 11 is 0. The zero-order valence-electron chi connectivity index (χ0n) is 7.72. The van der Waals surface area contributed by atoms with Crippen LogP contribution in [-0.2, 0) is 0 Å². The van der Waals surface area contributed by atoms with Crippen LogP contribution in [0.15, 0.2) is 0 Å². The zero-order valence-corrected chi connectivity index (χ0v) is 7.72. The highest BCUT2D eigenvalue weighted by molar-refractivity contribution is 5.13. The lowest BCUT2D eigenvalue weighted by Gasteiger charge is -2.36. The van der Waals surface area contributed by atoms with Crippen molar-refractivity contribution >= 4 is 0 Å². The Labute approximate surface area is 81.5 Å². The smallest absolute Gasteiger partial charge is 0.198 e. The molecule has 0 aliphatic rings. The van der Waals surface area contributed by atoms with Crippen LogP contribution in [0.25, 0.3) is 0 Å². The van der Waals surface area contributed by atoms with E-state index in [0.29, 0.717) is 13.8 Å². The summed E-state index contributed by atoms with van der Waals surface area (Å²) in [7, 11) is 0. The molecular weight excluding hydrogens is 229 g/mol. The van der Waals surface area contributed by atoms with Crippen LogP contribution in [-0.4, -0.2) is 18.0 Å². The summed E-state index contributed by atoms with van der Waals surface area (Å²) in [5.41, 5.74) is -2.90. The van der Waals surface area contributed by atoms with E-state index in [-0.39, 0.29) is 0 Å². The van der Waals surface area contributed by atoms with Crippen molar-refractivity contribution in [2.45, 2.75) is 31.9 Å². The predicted octanol–water partition coefficient (Wildman–Crippen LogP) is 3.48. The molecule has 0 saturated carbocycles. The number of hydrogen-bond acceptors (Lipinski definition) is 0. The van der Waals surface area contributed by atoms with E-state index in [1.165, 1.54) is 5.92 Å². The van der Waals surface area contributed by atoms with Gasteiger partial charge >= 0.3 is 18.0 Å². The lowest BCUT2D eigenvalue weighted by Crippen LogP contribution is -2.58. The standard InChI is InChI=1S/C8H7F7/c1-4-5(2,3)6(9,10)7(11,12)8(13,14)15/h1H,2-3H3. The molecule has 0 bridgehead atoms. The molecule has 0 saturated heterocycles. The fourth-order valence-corrected chi connectivity index (χ4v) is 0.661. The summed E-state index contributed by atoms with van der Waals surface area (Å²) in [5, 5.41) is 0. The summed E-state index contributed by atoms with van der Waals surface area (Å²) in [6.07, 6.45) is -1.84. The lowest BCUT2D eigenvalue weighted by molar-refractivity contribution is -0.370. The monoisotopic (exact) mass is 236 g/mol. The molecule has 0 N–H and O–H groups in total. The van der Waals surface area contributed by atoms with E-state index < -0.39 is 23.4 Å². The van der Waals surface area contributed by atoms with Gasteiger partial charge in [0.05, 0.1) is 5.41 Å². The Bertz CT molecular complexity index is 278. The van der Waals surface area contributed by atoms with Crippen LogP contribution in [0.5, 0.6) is 0 Å². The zero-order chi connectivity index (χ0) is 12.7. The van der Waals surface area contributed by atoms with Crippen LogP contribution in [0.4, 0.5) is 30.7 Å². The Balaban J connectivity index is 5.51. The predicted molar refractivity (Wildman–Crippen MR) is 38.6 cm³/mol. The van der Waals surface area contributed by atoms with Crippen molar-refractivity contribution in [1.29, 1.82) is 0 Å². The van der Waals surface area contributed by atoms with E-state index in [9.17, 15) is 30.7 Å². The second-order valence-electron chi connectivity index (χ2n) is 3.42. The molecule has 0 aliphatic carbocycles. The molecule has 0 rings (SSSR count). The SMILES string of the molecule is C#CC(C)(C)C(F)(F)C(F)(F)C(F)(F)F. The van der Waals surface area contributed by atoms with Gasteiger partial charge in [-0.05, 0) is 13.8 Å². The fraction of sp³-hybridized carbons (Fsp3) is 0.750. The average Bonchev–Trinajstić information content (AvgIpc) is 2.01. The van der Waals surface area contributed by atoms with Gasteiger partial charge in [-0.25, -0.2) is 0 Å². The van der Waals surface area contributed by atoms with Gasteiger partial charge < -0.3 is 0 Å². The highest BCUT2D eigenvalue weighted by Crippen LogP contribution is 2.53. The summed E-state index contributed by atoms with van der Waals surface area (Å²) in [6, 6.07) is 0. The summed E-state index contributed by atoms with van der Waals surface area (Å²) < 4.78 is 85.7. The van der Waals surface area contributed by atoms with Crippen molar-refractivity contribution in [3.05, 3.63) is 0 Å². The van der Waals surface area contributed by atoms with Gasteiger partial charge in [0, 0.05) is 0 Å². The fourth-order valence-electron chi connectivity index (χ4n) is 0.661. The van der Waals surface area contributed by atoms with Crippen LogP contribution in [0.2, 0.25) is 0 Å². The Kier molecular flexibility index (Phi) is 3.08. The Morgan fingerprint density at radius 2 is 1.13 bits per heavy atom. The highest BCUT2D eigenvalue weighted by atomic mass is 19.4. The van der Waals surface area contributed by atoms with E-state index >= 15 is 0 Å². The Hall–Kier alpha value is -0.930. The average molecular weight is 236 g/mol. The Morgan fingerprint density at radius 3 is 1.33 bits per heavy atom. The third-order valence-corrected chi connectivity index (χ3v) is 1.90. The van der Waals surface area contributed by atoms with Crippen molar-refractivity contribution in [2.24, 2.45) is 5.41 Å². The molecule has 7 heteroatoms. The van der Waals surface area contributed by atoms with E-state index in [1.54, 1.807) is 0 Å². The molecule has 0 aromatic carbocycles. The summed E-state index contributed by atoms with van der Waals surface area (Å²) in [4.78, 5) is 0. The third kappa shape index (κ3) is 1.90. The summed E-state index contributed by atoms with van der Waals surface area (Å²) in [5.74, 6) is -10.3. The first kappa shape index (κ1) is 14.1. The van der Waals surface area contributed by atoms with Crippen LogP contribution < -0.4 is 0 Å². The third-order valence-electron chi connectivity index (χ3n) is 1.90. The molecule has 88 valence electrons. The lowest BCUT2D eigenvalue weighted by atomic mass is 9.82. The van der Waals surface area contributed by atoms with Gasteiger partial charge in [0.15, 0.2) is 0 Å². The molecule has 0 amide bonds. The second kappa shape index (κ2) is 3.29. The minimum Gasteiger partial charge on any atom is -0.198 e. The Morgan fingerprint density at radius 1 is 0.800 bits per heavy atom. The molecule has 0 aromatic rings. The van der Waals surface area contributed by atoms with E-state index in [1.807, 2.05) is 0 Å². The van der Waals surface area contributed by atoms with Gasteiger partial charge in [0.25, 0.3) is 0 Å². The van der Waals surface area contributed by atoms with Gasteiger partial charge in [0.2, 0.25) is 0 Å². The highest BCUT2D eigenvalue weighted by Gasteiger charge is 2.77. The number of halogens is 7. The first-order valence-electron chi connectivity index (χ1n) is 3.61. The maximum atomic E-state index is 12.9. The van der Waals surface area contributed by atoms with Gasteiger partial charge in [-0.2, -0.15) is 30.7 Å². The minimum absolute atomic E-state index is 0.437. The number of rotatable bonds is 2. The first-order valence-corrected chi connectivity index (χ1v) is 3.61. The topological polar surface area (TPSA) is 0 Å². The molecule has 0 radical (unpaired) electrons. The minimum atomic E-state index is -6.34. The normalized spacial score (nSPS) is 14.9. The molecule has 0 heterocycles. The van der Waals surface area contributed by atoms with E-state index in [2.05, 4.69) is 6.42 Å². The maximum absolute atomic E-state index is 12.9. The van der Waals surface area contributed by atoms with Crippen molar-refractivity contribution < 1.29 is 30.7 Å². The van der Waals surface area contributed by atoms with Gasteiger partial charge in [0.1, 0.15) is 0 Å². The molecule has 0 spiro atoms. The molecular formula is C8H7F7. The largest absolute Gasteiger partial charge is 0.459 e. The second-order valence-corrected chi connectivity index (χ2v) is 3.42. The maximum Gasteiger partial charge on any atom is 0.459 e. The van der Waals surface area contributed by atoms with Gasteiger partial charge in [-0.15, -0.1) is 6.42 Å². The van der Waals surface area contributed by atoms with Crippen LogP contribution in [0, 0.1) is 17.8 Å². The molecule has 15 heavy (non-hydrogen) atoms. The number of hydrogen-bond donors (Lipinski definition) is 0. The van der Waals surface area contributed by atoms with Crippen LogP contribution in [0.3, 0.4) is 0 Å². The van der Waals surface area contributed by atoms with Crippen molar-refractivity contribution in [3.63, 3.8) is 0 Å².